The summed E-state index contributed by atoms with van der Waals surface area (Å²) in [5.74, 6) is 0. The third kappa shape index (κ3) is 3.43. The van der Waals surface area contributed by atoms with Gasteiger partial charge < -0.3 is 9.47 Å². The molecule has 1 atom stereocenters. The van der Waals surface area contributed by atoms with Crippen molar-refractivity contribution in [1.82, 2.24) is 28.5 Å². The average Bonchev–Trinajstić information content (AvgIpc) is 3.29. The molecule has 4 heterocycles. The monoisotopic (exact) mass is 378 g/mol. The zero-order valence-electron chi connectivity index (χ0n) is 15.2. The molecule has 0 saturated carbocycles. The van der Waals surface area contributed by atoms with Gasteiger partial charge in [-0.25, -0.2) is 13.4 Å². The van der Waals surface area contributed by atoms with Crippen LogP contribution in [-0.2, 0) is 23.6 Å². The van der Waals surface area contributed by atoms with E-state index in [1.54, 1.807) is 28.3 Å². The minimum absolute atomic E-state index is 0.0640. The van der Waals surface area contributed by atoms with E-state index >= 15 is 0 Å². The van der Waals surface area contributed by atoms with Gasteiger partial charge in [0.25, 0.3) is 10.0 Å². The topological polar surface area (TPSA) is 76.3 Å². The Hall–Kier alpha value is -1.71. The van der Waals surface area contributed by atoms with Crippen molar-refractivity contribution in [1.29, 1.82) is 0 Å². The highest BCUT2D eigenvalue weighted by atomic mass is 32.2. The SMILES string of the molecule is Cn1cnc(S(=O)(=O)N2Cc3ccnn3[C@H](CCN3CCCCC3)C2)c1. The van der Waals surface area contributed by atoms with Gasteiger partial charge in [0.05, 0.1) is 24.6 Å². The fraction of sp³-hybridized carbons (Fsp3) is 0.647. The molecule has 4 rings (SSSR count). The highest BCUT2D eigenvalue weighted by Gasteiger charge is 2.35. The Morgan fingerprint density at radius 2 is 2.04 bits per heavy atom. The number of rotatable bonds is 5. The summed E-state index contributed by atoms with van der Waals surface area (Å²) in [5.41, 5.74) is 0.944. The lowest BCUT2D eigenvalue weighted by molar-refractivity contribution is 0.188. The van der Waals surface area contributed by atoms with Crippen LogP contribution in [0.3, 0.4) is 0 Å². The van der Waals surface area contributed by atoms with Crippen LogP contribution in [0.2, 0.25) is 0 Å². The summed E-state index contributed by atoms with van der Waals surface area (Å²) in [5, 5.41) is 4.57. The lowest BCUT2D eigenvalue weighted by Crippen LogP contribution is -2.42. The standard InChI is InChI=1S/C17H26N6O2S/c1-20-13-17(18-14-20)26(24,25)22-11-15-5-7-19-23(15)16(12-22)6-10-21-8-3-2-4-9-21/h5,7,13-14,16H,2-4,6,8-12H2,1H3/t16-/m1/s1. The molecule has 2 aliphatic heterocycles. The van der Waals surface area contributed by atoms with Gasteiger partial charge in [-0.05, 0) is 38.4 Å². The van der Waals surface area contributed by atoms with Crippen molar-refractivity contribution in [3.8, 4) is 0 Å². The third-order valence-electron chi connectivity index (χ3n) is 5.36. The van der Waals surface area contributed by atoms with Crippen molar-refractivity contribution in [2.24, 2.45) is 7.05 Å². The van der Waals surface area contributed by atoms with E-state index in [0.717, 1.165) is 31.7 Å². The van der Waals surface area contributed by atoms with E-state index in [-0.39, 0.29) is 11.1 Å². The zero-order chi connectivity index (χ0) is 18.1. The summed E-state index contributed by atoms with van der Waals surface area (Å²) in [4.78, 5) is 6.54. The van der Waals surface area contributed by atoms with Crippen LogP contribution in [0.4, 0.5) is 0 Å². The van der Waals surface area contributed by atoms with Crippen molar-refractivity contribution in [3.05, 3.63) is 30.5 Å². The van der Waals surface area contributed by atoms with Crippen molar-refractivity contribution >= 4 is 10.0 Å². The fourth-order valence-corrected chi connectivity index (χ4v) is 5.33. The number of imidazole rings is 1. The van der Waals surface area contributed by atoms with E-state index in [1.807, 2.05) is 10.7 Å². The van der Waals surface area contributed by atoms with Gasteiger partial charge in [-0.3, -0.25) is 4.68 Å². The second-order valence-corrected chi connectivity index (χ2v) is 9.17. The molecule has 0 N–H and O–H groups in total. The van der Waals surface area contributed by atoms with Crippen LogP contribution in [0.1, 0.15) is 37.4 Å². The van der Waals surface area contributed by atoms with Crippen LogP contribution in [0.5, 0.6) is 0 Å². The molecule has 1 fully saturated rings. The molecule has 0 unspecified atom stereocenters. The van der Waals surface area contributed by atoms with Crippen molar-refractivity contribution in [3.63, 3.8) is 0 Å². The first-order valence-electron chi connectivity index (χ1n) is 9.27. The predicted octanol–water partition coefficient (Wildman–Crippen LogP) is 1.24. The summed E-state index contributed by atoms with van der Waals surface area (Å²) >= 11 is 0. The molecule has 2 aromatic heterocycles. The lowest BCUT2D eigenvalue weighted by atomic mass is 10.1. The molecule has 8 nitrogen and oxygen atoms in total. The highest BCUT2D eigenvalue weighted by molar-refractivity contribution is 7.89. The zero-order valence-corrected chi connectivity index (χ0v) is 16.0. The molecular weight excluding hydrogens is 352 g/mol. The summed E-state index contributed by atoms with van der Waals surface area (Å²) in [7, 11) is -1.81. The Bertz CT molecular complexity index is 852. The molecule has 0 amide bonds. The molecule has 9 heteroatoms. The molecule has 0 spiro atoms. The number of sulfonamides is 1. The second-order valence-electron chi connectivity index (χ2n) is 7.29. The molecule has 0 bridgehead atoms. The fourth-order valence-electron chi connectivity index (χ4n) is 3.92. The largest absolute Gasteiger partial charge is 0.339 e. The Morgan fingerprint density at radius 1 is 1.23 bits per heavy atom. The molecule has 0 aromatic carbocycles. The van der Waals surface area contributed by atoms with Gasteiger partial charge in [-0.1, -0.05) is 6.42 Å². The number of likely N-dealkylation sites (tertiary alicyclic amines) is 1. The number of aryl methyl sites for hydroxylation is 1. The van der Waals surface area contributed by atoms with E-state index in [1.165, 1.54) is 25.6 Å². The Morgan fingerprint density at radius 3 is 2.77 bits per heavy atom. The number of piperidine rings is 1. The van der Waals surface area contributed by atoms with Crippen LogP contribution >= 0.6 is 0 Å². The summed E-state index contributed by atoms with van der Waals surface area (Å²) in [6, 6.07) is 1.97. The van der Waals surface area contributed by atoms with Gasteiger partial charge in [0.1, 0.15) is 0 Å². The van der Waals surface area contributed by atoms with E-state index < -0.39 is 10.0 Å². The van der Waals surface area contributed by atoms with E-state index in [9.17, 15) is 8.42 Å². The van der Waals surface area contributed by atoms with Crippen LogP contribution in [-0.4, -0.2) is 63.1 Å². The molecule has 1 saturated heterocycles. The van der Waals surface area contributed by atoms with Crippen molar-refractivity contribution in [2.45, 2.75) is 43.3 Å². The highest BCUT2D eigenvalue weighted by Crippen LogP contribution is 2.28. The predicted molar refractivity (Wildman–Crippen MR) is 97.0 cm³/mol. The van der Waals surface area contributed by atoms with Crippen molar-refractivity contribution in [2.75, 3.05) is 26.2 Å². The molecule has 0 aliphatic carbocycles. The summed E-state index contributed by atoms with van der Waals surface area (Å²) in [6.07, 6.45) is 9.59. The first kappa shape index (κ1) is 17.7. The van der Waals surface area contributed by atoms with Gasteiger partial charge in [0.2, 0.25) is 0 Å². The normalized spacial score (nSPS) is 22.4. The van der Waals surface area contributed by atoms with Crippen LogP contribution in [0.25, 0.3) is 0 Å². The van der Waals surface area contributed by atoms with Gasteiger partial charge in [-0.15, -0.1) is 0 Å². The Balaban J connectivity index is 1.52. The van der Waals surface area contributed by atoms with E-state index in [0.29, 0.717) is 13.1 Å². The number of hydrogen-bond donors (Lipinski definition) is 0. The minimum Gasteiger partial charge on any atom is -0.339 e. The maximum absolute atomic E-state index is 13.0. The lowest BCUT2D eigenvalue weighted by Gasteiger charge is -2.34. The molecular formula is C17H26N6O2S. The second kappa shape index (κ2) is 7.13. The van der Waals surface area contributed by atoms with Crippen LogP contribution < -0.4 is 0 Å². The Labute approximate surface area is 154 Å². The summed E-state index contributed by atoms with van der Waals surface area (Å²) in [6.45, 7) is 4.07. The smallest absolute Gasteiger partial charge is 0.262 e. The van der Waals surface area contributed by atoms with Crippen molar-refractivity contribution < 1.29 is 8.42 Å². The van der Waals surface area contributed by atoms with Gasteiger partial charge in [0.15, 0.2) is 5.03 Å². The first-order chi connectivity index (χ1) is 12.5. The van der Waals surface area contributed by atoms with Crippen LogP contribution in [0.15, 0.2) is 29.8 Å². The Kier molecular flexibility index (Phi) is 4.85. The molecule has 142 valence electrons. The number of fused-ring (bicyclic) bond motifs is 1. The van der Waals surface area contributed by atoms with Gasteiger partial charge in [0, 0.05) is 32.5 Å². The van der Waals surface area contributed by atoms with E-state index in [4.69, 9.17) is 0 Å². The van der Waals surface area contributed by atoms with Crippen LogP contribution in [0, 0.1) is 0 Å². The first-order valence-corrected chi connectivity index (χ1v) is 10.7. The maximum atomic E-state index is 13.0. The third-order valence-corrected chi connectivity index (χ3v) is 7.06. The molecule has 0 radical (unpaired) electrons. The van der Waals surface area contributed by atoms with Gasteiger partial charge >= 0.3 is 0 Å². The minimum atomic E-state index is -3.59. The molecule has 2 aliphatic rings. The summed E-state index contributed by atoms with van der Waals surface area (Å²) < 4.78 is 31.2. The molecule has 2 aromatic rings. The quantitative estimate of drug-likeness (QED) is 0.782. The average molecular weight is 379 g/mol. The number of hydrogen-bond acceptors (Lipinski definition) is 5. The number of aromatic nitrogens is 4. The maximum Gasteiger partial charge on any atom is 0.262 e. The molecule has 26 heavy (non-hydrogen) atoms. The van der Waals surface area contributed by atoms with Gasteiger partial charge in [-0.2, -0.15) is 9.40 Å². The van der Waals surface area contributed by atoms with E-state index in [2.05, 4.69) is 15.0 Å². The number of nitrogens with zero attached hydrogens (tertiary/aromatic N) is 6.